The highest BCUT2D eigenvalue weighted by Gasteiger charge is 2.30. The second-order valence-electron chi connectivity index (χ2n) is 6.47. The summed E-state index contributed by atoms with van der Waals surface area (Å²) in [5.41, 5.74) is 2.89. The Kier molecular flexibility index (Phi) is 3.53. The molecule has 0 unspecified atom stereocenters. The summed E-state index contributed by atoms with van der Waals surface area (Å²) in [5.74, 6) is 2.31. The number of ether oxygens (including phenoxy) is 1. The van der Waals surface area contributed by atoms with E-state index in [0.29, 0.717) is 11.8 Å². The minimum atomic E-state index is 0.597. The van der Waals surface area contributed by atoms with E-state index in [0.717, 1.165) is 18.4 Å². The van der Waals surface area contributed by atoms with Gasteiger partial charge in [0.2, 0.25) is 0 Å². The van der Waals surface area contributed by atoms with E-state index in [9.17, 15) is 0 Å². The van der Waals surface area contributed by atoms with Crippen LogP contribution in [0.4, 0.5) is 0 Å². The van der Waals surface area contributed by atoms with Crippen LogP contribution in [0.2, 0.25) is 0 Å². The number of rotatable bonds is 3. The van der Waals surface area contributed by atoms with Gasteiger partial charge in [-0.25, -0.2) is 0 Å². The van der Waals surface area contributed by atoms with Crippen molar-refractivity contribution in [2.75, 3.05) is 20.2 Å². The Balaban J connectivity index is 1.78. The van der Waals surface area contributed by atoms with Gasteiger partial charge in [0.15, 0.2) is 0 Å². The van der Waals surface area contributed by atoms with Crippen LogP contribution in [0.5, 0.6) is 5.75 Å². The highest BCUT2D eigenvalue weighted by molar-refractivity contribution is 5.43. The lowest BCUT2D eigenvalue weighted by Gasteiger charge is -2.22. The summed E-state index contributed by atoms with van der Waals surface area (Å²) in [6, 6.07) is 7.52. The molecule has 3 rings (SSSR count). The average Bonchev–Trinajstić information content (AvgIpc) is 2.97. The van der Waals surface area contributed by atoms with Crippen molar-refractivity contribution >= 4 is 0 Å². The topological polar surface area (TPSA) is 12.5 Å². The standard InChI is InChI=1S/C17H25NO/c1-12(2)13-6-7-17-16(10-13)14(11-19-17)9-15-5-4-8-18(15)3/h6-7,10,12,14-15H,4-5,8-9,11H2,1-3H3/t14-,15+/m0/s1. The van der Waals surface area contributed by atoms with Crippen LogP contribution in [0.3, 0.4) is 0 Å². The Morgan fingerprint density at radius 2 is 2.21 bits per heavy atom. The summed E-state index contributed by atoms with van der Waals surface area (Å²) in [4.78, 5) is 2.52. The summed E-state index contributed by atoms with van der Waals surface area (Å²) in [7, 11) is 2.26. The van der Waals surface area contributed by atoms with Gasteiger partial charge in [-0.05, 0) is 50.4 Å². The lowest BCUT2D eigenvalue weighted by atomic mass is 9.90. The lowest BCUT2D eigenvalue weighted by Crippen LogP contribution is -2.27. The second-order valence-corrected chi connectivity index (χ2v) is 6.47. The molecule has 19 heavy (non-hydrogen) atoms. The van der Waals surface area contributed by atoms with Crippen LogP contribution >= 0.6 is 0 Å². The monoisotopic (exact) mass is 259 g/mol. The Hall–Kier alpha value is -1.02. The van der Waals surface area contributed by atoms with Crippen LogP contribution in [0.25, 0.3) is 0 Å². The third-order valence-electron chi connectivity index (χ3n) is 4.81. The number of likely N-dealkylation sites (tertiary alicyclic amines) is 1. The summed E-state index contributed by atoms with van der Waals surface area (Å²) >= 11 is 0. The Labute approximate surface area is 116 Å². The number of hydrogen-bond acceptors (Lipinski definition) is 2. The fourth-order valence-corrected chi connectivity index (χ4v) is 3.46. The van der Waals surface area contributed by atoms with Gasteiger partial charge in [0.05, 0.1) is 6.61 Å². The van der Waals surface area contributed by atoms with Crippen LogP contribution in [-0.4, -0.2) is 31.1 Å². The number of fused-ring (bicyclic) bond motifs is 1. The van der Waals surface area contributed by atoms with Crippen LogP contribution in [0.1, 0.15) is 56.1 Å². The third kappa shape index (κ3) is 2.51. The molecule has 1 aromatic rings. The quantitative estimate of drug-likeness (QED) is 0.819. The Morgan fingerprint density at radius 3 is 2.89 bits per heavy atom. The molecule has 104 valence electrons. The molecule has 2 aliphatic rings. The van der Waals surface area contributed by atoms with Gasteiger partial charge in [-0.3, -0.25) is 0 Å². The van der Waals surface area contributed by atoms with Gasteiger partial charge in [-0.2, -0.15) is 0 Å². The summed E-state index contributed by atoms with van der Waals surface area (Å²) < 4.78 is 5.87. The molecule has 2 heterocycles. The molecule has 1 fully saturated rings. The number of benzene rings is 1. The zero-order valence-corrected chi connectivity index (χ0v) is 12.4. The molecule has 1 aromatic carbocycles. The molecule has 0 N–H and O–H groups in total. The minimum absolute atomic E-state index is 0.597. The maximum absolute atomic E-state index is 5.87. The molecule has 0 aromatic heterocycles. The first-order chi connectivity index (χ1) is 9.15. The van der Waals surface area contributed by atoms with E-state index >= 15 is 0 Å². The Bertz CT molecular complexity index is 455. The highest BCUT2D eigenvalue weighted by Crippen LogP contribution is 2.39. The molecule has 0 radical (unpaired) electrons. The molecule has 2 atom stereocenters. The van der Waals surface area contributed by atoms with Gasteiger partial charge < -0.3 is 9.64 Å². The molecule has 2 nitrogen and oxygen atoms in total. The van der Waals surface area contributed by atoms with Crippen molar-refractivity contribution in [3.63, 3.8) is 0 Å². The predicted molar refractivity (Wildman–Crippen MR) is 79.0 cm³/mol. The van der Waals surface area contributed by atoms with E-state index in [1.54, 1.807) is 0 Å². The van der Waals surface area contributed by atoms with E-state index in [2.05, 4.69) is 44.0 Å². The normalized spacial score (nSPS) is 26.7. The summed E-state index contributed by atoms with van der Waals surface area (Å²) in [6.07, 6.45) is 3.96. The van der Waals surface area contributed by atoms with Gasteiger partial charge in [0.25, 0.3) is 0 Å². The van der Waals surface area contributed by atoms with Crippen molar-refractivity contribution in [3.05, 3.63) is 29.3 Å². The molecule has 1 saturated heterocycles. The highest BCUT2D eigenvalue weighted by atomic mass is 16.5. The molecule has 0 aliphatic carbocycles. The van der Waals surface area contributed by atoms with Gasteiger partial charge in [0, 0.05) is 17.5 Å². The maximum atomic E-state index is 5.87. The molecule has 2 heteroatoms. The first-order valence-corrected chi connectivity index (χ1v) is 7.62. The van der Waals surface area contributed by atoms with Gasteiger partial charge >= 0.3 is 0 Å². The van der Waals surface area contributed by atoms with E-state index in [1.807, 2.05) is 0 Å². The van der Waals surface area contributed by atoms with Crippen molar-refractivity contribution in [1.82, 2.24) is 4.90 Å². The minimum Gasteiger partial charge on any atom is -0.493 e. The largest absolute Gasteiger partial charge is 0.493 e. The molecular formula is C17H25NO. The van der Waals surface area contributed by atoms with Crippen LogP contribution in [0, 0.1) is 0 Å². The zero-order chi connectivity index (χ0) is 13.4. The van der Waals surface area contributed by atoms with Crippen molar-refractivity contribution in [1.29, 1.82) is 0 Å². The molecule has 0 bridgehead atoms. The summed E-state index contributed by atoms with van der Waals surface area (Å²) in [5, 5.41) is 0. The van der Waals surface area contributed by atoms with Crippen molar-refractivity contribution in [2.45, 2.75) is 51.0 Å². The van der Waals surface area contributed by atoms with E-state index in [4.69, 9.17) is 4.74 Å². The molecular weight excluding hydrogens is 234 g/mol. The molecule has 0 amide bonds. The van der Waals surface area contributed by atoms with Crippen LogP contribution < -0.4 is 4.74 Å². The number of hydrogen-bond donors (Lipinski definition) is 0. The number of nitrogens with zero attached hydrogens (tertiary/aromatic N) is 1. The zero-order valence-electron chi connectivity index (χ0n) is 12.4. The molecule has 0 spiro atoms. The van der Waals surface area contributed by atoms with Crippen LogP contribution in [-0.2, 0) is 0 Å². The van der Waals surface area contributed by atoms with E-state index < -0.39 is 0 Å². The summed E-state index contributed by atoms with van der Waals surface area (Å²) in [6.45, 7) is 6.66. The van der Waals surface area contributed by atoms with Crippen molar-refractivity contribution in [2.24, 2.45) is 0 Å². The molecule has 0 saturated carbocycles. The van der Waals surface area contributed by atoms with Gasteiger partial charge in [0.1, 0.15) is 5.75 Å². The van der Waals surface area contributed by atoms with Crippen molar-refractivity contribution < 1.29 is 4.74 Å². The van der Waals surface area contributed by atoms with E-state index in [-0.39, 0.29) is 0 Å². The first-order valence-electron chi connectivity index (χ1n) is 7.62. The lowest BCUT2D eigenvalue weighted by molar-refractivity contribution is 0.257. The maximum Gasteiger partial charge on any atom is 0.122 e. The predicted octanol–water partition coefficient (Wildman–Crippen LogP) is 3.77. The SMILES string of the molecule is CC(C)c1ccc2c(c1)[C@@H](C[C@H]1CCCN1C)CO2. The fraction of sp³-hybridized carbons (Fsp3) is 0.647. The molecule has 2 aliphatic heterocycles. The second kappa shape index (κ2) is 5.16. The smallest absolute Gasteiger partial charge is 0.122 e. The third-order valence-corrected chi connectivity index (χ3v) is 4.81. The Morgan fingerprint density at radius 1 is 1.37 bits per heavy atom. The van der Waals surface area contributed by atoms with E-state index in [1.165, 1.54) is 36.9 Å². The van der Waals surface area contributed by atoms with Crippen molar-refractivity contribution in [3.8, 4) is 5.75 Å². The first kappa shape index (κ1) is 13.0. The van der Waals surface area contributed by atoms with Gasteiger partial charge in [-0.1, -0.05) is 26.0 Å². The fourth-order valence-electron chi connectivity index (χ4n) is 3.46. The average molecular weight is 259 g/mol. The van der Waals surface area contributed by atoms with Gasteiger partial charge in [-0.15, -0.1) is 0 Å². The van der Waals surface area contributed by atoms with Crippen LogP contribution in [0.15, 0.2) is 18.2 Å².